The van der Waals surface area contributed by atoms with Crippen molar-refractivity contribution < 1.29 is 0 Å². The fraction of sp³-hybridized carbons (Fsp3) is 0.0222. The molecule has 2 heteroatoms. The maximum atomic E-state index is 2.33. The van der Waals surface area contributed by atoms with Crippen LogP contribution in [0, 0.1) is 0 Å². The summed E-state index contributed by atoms with van der Waals surface area (Å²) < 4.78 is 2.33. The van der Waals surface area contributed by atoms with Crippen LogP contribution in [0.4, 0.5) is 17.1 Å². The summed E-state index contributed by atoms with van der Waals surface area (Å²) in [7, 11) is 2.18. The van der Waals surface area contributed by atoms with Gasteiger partial charge in [0.1, 0.15) is 0 Å². The van der Waals surface area contributed by atoms with E-state index in [9.17, 15) is 0 Å². The van der Waals surface area contributed by atoms with Gasteiger partial charge in [0.05, 0.1) is 0 Å². The molecule has 1 heterocycles. The van der Waals surface area contributed by atoms with Crippen molar-refractivity contribution >= 4 is 60.4 Å². The lowest BCUT2D eigenvalue weighted by Crippen LogP contribution is -2.09. The van der Waals surface area contributed by atoms with Crippen LogP contribution in [0.1, 0.15) is 0 Å². The van der Waals surface area contributed by atoms with E-state index in [1.807, 2.05) is 0 Å². The van der Waals surface area contributed by atoms with Crippen LogP contribution < -0.4 is 4.90 Å². The van der Waals surface area contributed by atoms with Crippen LogP contribution >= 0.6 is 0 Å². The number of fused-ring (bicyclic) bond motifs is 6. The van der Waals surface area contributed by atoms with E-state index in [1.165, 1.54) is 65.6 Å². The van der Waals surface area contributed by atoms with E-state index in [-0.39, 0.29) is 0 Å². The summed E-state index contributed by atoms with van der Waals surface area (Å²) >= 11 is 0. The predicted octanol–water partition coefficient (Wildman–Crippen LogP) is 12.4. The molecular weight excluding hydrogens is 569 g/mol. The zero-order valence-electron chi connectivity index (χ0n) is 26.1. The second kappa shape index (κ2) is 11.0. The van der Waals surface area contributed by atoms with Gasteiger partial charge in [-0.2, -0.15) is 0 Å². The summed E-state index contributed by atoms with van der Waals surface area (Å²) in [4.78, 5) is 2.32. The second-order valence-corrected chi connectivity index (χ2v) is 12.3. The molecule has 222 valence electrons. The molecule has 0 radical (unpaired) electrons. The standard InChI is InChI=1S/C45H32N2/c1-46-43-28-23-35-10-7-8-14-41(35)45(43)42-27-22-37(30-44(42)46)34-17-15-32(16-18-34)33-19-24-39(25-20-33)47(38-12-3-2-4-13-38)40-26-21-31-9-5-6-11-36(31)29-40/h2-30H,1H3. The fourth-order valence-electron chi connectivity index (χ4n) is 7.15. The van der Waals surface area contributed by atoms with Gasteiger partial charge in [0.25, 0.3) is 0 Å². The third-order valence-corrected chi connectivity index (χ3v) is 9.58. The molecule has 1 aromatic heterocycles. The highest BCUT2D eigenvalue weighted by Gasteiger charge is 2.14. The van der Waals surface area contributed by atoms with Gasteiger partial charge >= 0.3 is 0 Å². The van der Waals surface area contributed by atoms with Gasteiger partial charge < -0.3 is 9.47 Å². The number of hydrogen-bond donors (Lipinski definition) is 0. The Hall–Kier alpha value is -6.12. The number of anilines is 3. The highest BCUT2D eigenvalue weighted by atomic mass is 15.1. The van der Waals surface area contributed by atoms with E-state index in [4.69, 9.17) is 0 Å². The molecule has 0 bridgehead atoms. The summed E-state index contributed by atoms with van der Waals surface area (Å²) in [5.41, 5.74) is 10.8. The summed E-state index contributed by atoms with van der Waals surface area (Å²) in [6.45, 7) is 0. The molecule has 9 rings (SSSR count). The van der Waals surface area contributed by atoms with E-state index >= 15 is 0 Å². The normalized spacial score (nSPS) is 11.5. The minimum atomic E-state index is 1.13. The molecule has 0 aliphatic heterocycles. The lowest BCUT2D eigenvalue weighted by atomic mass is 9.98. The van der Waals surface area contributed by atoms with E-state index in [2.05, 4.69) is 192 Å². The zero-order valence-corrected chi connectivity index (χ0v) is 26.1. The maximum absolute atomic E-state index is 2.33. The molecule has 47 heavy (non-hydrogen) atoms. The average Bonchev–Trinajstić information content (AvgIpc) is 3.43. The quantitative estimate of drug-likeness (QED) is 0.191. The van der Waals surface area contributed by atoms with Gasteiger partial charge in [-0.3, -0.25) is 0 Å². The largest absolute Gasteiger partial charge is 0.344 e. The first kappa shape index (κ1) is 27.2. The lowest BCUT2D eigenvalue weighted by Gasteiger charge is -2.26. The van der Waals surface area contributed by atoms with Gasteiger partial charge in [0, 0.05) is 45.9 Å². The first-order chi connectivity index (χ1) is 23.2. The SMILES string of the molecule is Cn1c2cc(-c3ccc(-c4ccc(N(c5ccccc5)c5ccc6ccccc6c5)cc4)cc3)ccc2c2c3ccccc3ccc21. The molecule has 9 aromatic rings. The van der Waals surface area contributed by atoms with Crippen LogP contribution in [-0.4, -0.2) is 4.57 Å². The van der Waals surface area contributed by atoms with E-state index < -0.39 is 0 Å². The van der Waals surface area contributed by atoms with Gasteiger partial charge in [0.15, 0.2) is 0 Å². The van der Waals surface area contributed by atoms with E-state index in [1.54, 1.807) is 0 Å². The maximum Gasteiger partial charge on any atom is 0.0495 e. The number of rotatable bonds is 5. The monoisotopic (exact) mass is 600 g/mol. The Morgan fingerprint density at radius 3 is 1.68 bits per heavy atom. The van der Waals surface area contributed by atoms with Crippen LogP contribution in [0.2, 0.25) is 0 Å². The van der Waals surface area contributed by atoms with Crippen molar-refractivity contribution in [1.82, 2.24) is 4.57 Å². The molecule has 0 saturated heterocycles. The molecule has 0 aliphatic carbocycles. The Morgan fingerprint density at radius 2 is 0.915 bits per heavy atom. The zero-order chi connectivity index (χ0) is 31.3. The Bertz CT molecular complexity index is 2560. The number of para-hydroxylation sites is 1. The van der Waals surface area contributed by atoms with Gasteiger partial charge in [-0.15, -0.1) is 0 Å². The van der Waals surface area contributed by atoms with Crippen LogP contribution in [0.25, 0.3) is 65.6 Å². The number of hydrogen-bond acceptors (Lipinski definition) is 1. The first-order valence-electron chi connectivity index (χ1n) is 16.2. The van der Waals surface area contributed by atoms with Crippen LogP contribution in [-0.2, 0) is 7.05 Å². The predicted molar refractivity (Wildman–Crippen MR) is 201 cm³/mol. The highest BCUT2D eigenvalue weighted by Crippen LogP contribution is 2.38. The number of benzene rings is 8. The summed E-state index contributed by atoms with van der Waals surface area (Å²) in [6.07, 6.45) is 0. The molecule has 8 aromatic carbocycles. The average molecular weight is 601 g/mol. The number of nitrogens with zero attached hydrogens (tertiary/aromatic N) is 2. The van der Waals surface area contributed by atoms with Crippen LogP contribution in [0.5, 0.6) is 0 Å². The topological polar surface area (TPSA) is 8.17 Å². The third-order valence-electron chi connectivity index (χ3n) is 9.58. The summed E-state index contributed by atoms with van der Waals surface area (Å²) in [5.74, 6) is 0. The van der Waals surface area contributed by atoms with Gasteiger partial charge in [-0.25, -0.2) is 0 Å². The molecule has 0 amide bonds. The molecule has 0 spiro atoms. The van der Waals surface area contributed by atoms with Crippen molar-refractivity contribution in [2.24, 2.45) is 7.05 Å². The summed E-state index contributed by atoms with van der Waals surface area (Å²) in [5, 5.41) is 7.69. The van der Waals surface area contributed by atoms with Crippen molar-refractivity contribution in [3.05, 3.63) is 176 Å². The minimum absolute atomic E-state index is 1.13. The van der Waals surface area contributed by atoms with Crippen molar-refractivity contribution in [3.63, 3.8) is 0 Å². The molecular formula is C45H32N2. The van der Waals surface area contributed by atoms with Crippen molar-refractivity contribution in [2.45, 2.75) is 0 Å². The minimum Gasteiger partial charge on any atom is -0.344 e. The van der Waals surface area contributed by atoms with Crippen molar-refractivity contribution in [1.29, 1.82) is 0 Å². The second-order valence-electron chi connectivity index (χ2n) is 12.3. The Labute approximate surface area is 274 Å². The molecule has 0 aliphatic rings. The van der Waals surface area contributed by atoms with E-state index in [0.29, 0.717) is 0 Å². The highest BCUT2D eigenvalue weighted by molar-refractivity contribution is 6.21. The molecule has 2 nitrogen and oxygen atoms in total. The number of aromatic nitrogens is 1. The Kier molecular flexibility index (Phi) is 6.39. The Balaban J connectivity index is 1.04. The molecule has 0 atom stereocenters. The molecule has 0 fully saturated rings. The van der Waals surface area contributed by atoms with Crippen LogP contribution in [0.15, 0.2) is 176 Å². The number of aryl methyl sites for hydroxylation is 1. The van der Waals surface area contributed by atoms with Gasteiger partial charge in [0.2, 0.25) is 0 Å². The smallest absolute Gasteiger partial charge is 0.0495 e. The van der Waals surface area contributed by atoms with E-state index in [0.717, 1.165) is 17.1 Å². The summed E-state index contributed by atoms with van der Waals surface area (Å²) in [6, 6.07) is 63.7. The molecule has 0 unspecified atom stereocenters. The Morgan fingerprint density at radius 1 is 0.362 bits per heavy atom. The molecule has 0 N–H and O–H groups in total. The van der Waals surface area contributed by atoms with Crippen molar-refractivity contribution in [2.75, 3.05) is 4.90 Å². The van der Waals surface area contributed by atoms with Crippen molar-refractivity contribution in [3.8, 4) is 22.3 Å². The van der Waals surface area contributed by atoms with Gasteiger partial charge in [-0.05, 0) is 92.3 Å². The van der Waals surface area contributed by atoms with Gasteiger partial charge in [-0.1, -0.05) is 127 Å². The first-order valence-corrected chi connectivity index (χ1v) is 16.2. The van der Waals surface area contributed by atoms with Crippen LogP contribution in [0.3, 0.4) is 0 Å². The third kappa shape index (κ3) is 4.65. The lowest BCUT2D eigenvalue weighted by molar-refractivity contribution is 1.01. The molecule has 0 saturated carbocycles. The fourth-order valence-corrected chi connectivity index (χ4v) is 7.15.